The Morgan fingerprint density at radius 2 is 1.86 bits per heavy atom. The van der Waals surface area contributed by atoms with Gasteiger partial charge in [0.2, 0.25) is 0 Å². The Kier molecular flexibility index (Phi) is 2.90. The zero-order valence-corrected chi connectivity index (χ0v) is 11.5. The highest BCUT2D eigenvalue weighted by Gasteiger charge is 2.17. The molecular weight excluding hydrogens is 272 g/mol. The van der Waals surface area contributed by atoms with Gasteiger partial charge in [0.05, 0.1) is 12.5 Å². The van der Waals surface area contributed by atoms with Gasteiger partial charge in [-0.1, -0.05) is 0 Å². The van der Waals surface area contributed by atoms with Crippen LogP contribution >= 0.6 is 0 Å². The fourth-order valence-electron chi connectivity index (χ4n) is 2.43. The highest BCUT2D eigenvalue weighted by atomic mass is 16.5. The number of ketones is 1. The van der Waals surface area contributed by atoms with Crippen LogP contribution in [0, 0.1) is 0 Å². The number of carbonyl (C=O) groups excluding carboxylic acids is 1. The van der Waals surface area contributed by atoms with Gasteiger partial charge in [0.1, 0.15) is 17.1 Å². The lowest BCUT2D eigenvalue weighted by molar-refractivity contribution is 0.101. The number of hydrogen-bond donors (Lipinski definition) is 1. The van der Waals surface area contributed by atoms with Crippen LogP contribution in [0.25, 0.3) is 21.7 Å². The number of hydrogen-bond acceptors (Lipinski definition) is 5. The first-order chi connectivity index (χ1) is 10.0. The van der Waals surface area contributed by atoms with Crippen molar-refractivity contribution >= 4 is 27.5 Å². The van der Waals surface area contributed by atoms with Crippen LogP contribution in [0.3, 0.4) is 0 Å². The van der Waals surface area contributed by atoms with Gasteiger partial charge in [-0.05, 0) is 37.3 Å². The van der Waals surface area contributed by atoms with Gasteiger partial charge in [-0.15, -0.1) is 0 Å². The Morgan fingerprint density at radius 1 is 1.14 bits per heavy atom. The molecule has 1 heterocycles. The quantitative estimate of drug-likeness (QED) is 0.445. The fraction of sp³-hybridized carbons (Fsp3) is 0.125. The largest absolute Gasteiger partial charge is 0.507 e. The van der Waals surface area contributed by atoms with Crippen molar-refractivity contribution in [3.05, 3.63) is 46.3 Å². The van der Waals surface area contributed by atoms with Crippen molar-refractivity contribution in [3.63, 3.8) is 0 Å². The summed E-state index contributed by atoms with van der Waals surface area (Å²) in [4.78, 5) is 23.8. The number of ether oxygens (including phenoxy) is 1. The molecule has 1 aromatic heterocycles. The van der Waals surface area contributed by atoms with E-state index in [1.807, 2.05) is 0 Å². The van der Waals surface area contributed by atoms with E-state index in [1.165, 1.54) is 20.1 Å². The van der Waals surface area contributed by atoms with E-state index in [0.29, 0.717) is 21.9 Å². The average molecular weight is 284 g/mol. The van der Waals surface area contributed by atoms with E-state index < -0.39 is 5.63 Å². The van der Waals surface area contributed by atoms with Crippen molar-refractivity contribution in [2.24, 2.45) is 0 Å². The lowest BCUT2D eigenvalue weighted by Crippen LogP contribution is -2.03. The average Bonchev–Trinajstić information content (AvgIpc) is 2.46. The number of phenolic OH excluding ortho intramolecular Hbond substituents is 1. The summed E-state index contributed by atoms with van der Waals surface area (Å²) >= 11 is 0. The molecule has 0 radical (unpaired) electrons. The second-order valence-corrected chi connectivity index (χ2v) is 4.69. The molecule has 0 unspecified atom stereocenters. The fourth-order valence-corrected chi connectivity index (χ4v) is 2.43. The van der Waals surface area contributed by atoms with Crippen molar-refractivity contribution in [3.8, 4) is 11.5 Å². The maximum Gasteiger partial charge on any atom is 0.344 e. The molecule has 106 valence electrons. The number of rotatable bonds is 2. The van der Waals surface area contributed by atoms with Gasteiger partial charge in [0, 0.05) is 10.8 Å². The Balaban J connectivity index is 2.58. The summed E-state index contributed by atoms with van der Waals surface area (Å²) in [7, 11) is 1.53. The van der Waals surface area contributed by atoms with Crippen LogP contribution in [0.1, 0.15) is 17.3 Å². The third kappa shape index (κ3) is 1.94. The second kappa shape index (κ2) is 4.63. The summed E-state index contributed by atoms with van der Waals surface area (Å²) in [5.74, 6) is 0.00995. The zero-order chi connectivity index (χ0) is 15.1. The molecule has 0 atom stereocenters. The Labute approximate surface area is 119 Å². The summed E-state index contributed by atoms with van der Waals surface area (Å²) in [5, 5.41) is 11.4. The highest BCUT2D eigenvalue weighted by Crippen LogP contribution is 2.32. The summed E-state index contributed by atoms with van der Waals surface area (Å²) < 4.78 is 10.4. The Hall–Kier alpha value is -2.82. The van der Waals surface area contributed by atoms with Crippen LogP contribution in [0.5, 0.6) is 11.5 Å². The molecule has 21 heavy (non-hydrogen) atoms. The molecule has 1 N–H and O–H groups in total. The molecule has 0 aliphatic rings. The molecule has 3 aromatic rings. The lowest BCUT2D eigenvalue weighted by atomic mass is 10.0. The molecule has 0 aliphatic heterocycles. The highest BCUT2D eigenvalue weighted by molar-refractivity contribution is 6.13. The summed E-state index contributed by atoms with van der Waals surface area (Å²) in [6, 6.07) is 8.01. The van der Waals surface area contributed by atoms with Gasteiger partial charge in [-0.2, -0.15) is 0 Å². The Morgan fingerprint density at radius 3 is 2.52 bits per heavy atom. The molecule has 0 aliphatic carbocycles. The molecule has 0 saturated carbocycles. The molecular formula is C16H12O5. The topological polar surface area (TPSA) is 76.7 Å². The van der Waals surface area contributed by atoms with Crippen LogP contribution in [0.2, 0.25) is 0 Å². The van der Waals surface area contributed by atoms with Crippen LogP contribution in [0.15, 0.2) is 39.5 Å². The van der Waals surface area contributed by atoms with E-state index in [0.717, 1.165) is 0 Å². The molecule has 3 rings (SSSR count). The smallest absolute Gasteiger partial charge is 0.344 e. The van der Waals surface area contributed by atoms with E-state index in [-0.39, 0.29) is 22.7 Å². The van der Waals surface area contributed by atoms with E-state index in [1.54, 1.807) is 24.3 Å². The number of benzene rings is 2. The maximum absolute atomic E-state index is 12.1. The predicted octanol–water partition coefficient (Wildman–Crippen LogP) is 2.86. The first kappa shape index (κ1) is 13.2. The van der Waals surface area contributed by atoms with Gasteiger partial charge in [-0.25, -0.2) is 4.79 Å². The number of carbonyl (C=O) groups is 1. The molecule has 0 bridgehead atoms. The maximum atomic E-state index is 12.1. The van der Waals surface area contributed by atoms with Crippen LogP contribution in [-0.2, 0) is 0 Å². The SMILES string of the molecule is COc1ccc2c(=O)oc3c(C(C)=O)c(O)ccc3c2c1. The monoisotopic (exact) mass is 284 g/mol. The first-order valence-electron chi connectivity index (χ1n) is 6.30. The number of fused-ring (bicyclic) bond motifs is 3. The minimum atomic E-state index is -0.562. The number of Topliss-reactive ketones (excluding diaryl/α,β-unsaturated/α-hetero) is 1. The third-order valence-electron chi connectivity index (χ3n) is 3.42. The summed E-state index contributed by atoms with van der Waals surface area (Å²) in [5.41, 5.74) is -0.462. The lowest BCUT2D eigenvalue weighted by Gasteiger charge is -2.08. The number of aromatic hydroxyl groups is 1. The Bertz CT molecular complexity index is 937. The molecule has 5 nitrogen and oxygen atoms in total. The molecule has 0 amide bonds. The molecule has 0 saturated heterocycles. The van der Waals surface area contributed by atoms with Crippen molar-refractivity contribution in [2.75, 3.05) is 7.11 Å². The van der Waals surface area contributed by atoms with Crippen molar-refractivity contribution in [1.82, 2.24) is 0 Å². The van der Waals surface area contributed by atoms with Gasteiger partial charge in [0.15, 0.2) is 11.4 Å². The summed E-state index contributed by atoms with van der Waals surface area (Å²) in [6.45, 7) is 1.31. The third-order valence-corrected chi connectivity index (χ3v) is 3.42. The molecule has 0 fully saturated rings. The summed E-state index contributed by atoms with van der Waals surface area (Å²) in [6.07, 6.45) is 0. The van der Waals surface area contributed by atoms with E-state index in [9.17, 15) is 14.7 Å². The van der Waals surface area contributed by atoms with Crippen LogP contribution in [0.4, 0.5) is 0 Å². The minimum absolute atomic E-state index is 0.00863. The minimum Gasteiger partial charge on any atom is -0.507 e. The molecule has 2 aromatic carbocycles. The standard InChI is InChI=1S/C16H12O5/c1-8(17)14-13(18)6-5-10-12-7-9(20-2)3-4-11(12)16(19)21-15(10)14/h3-7,18H,1-2H3. The van der Waals surface area contributed by atoms with Crippen molar-refractivity contribution in [1.29, 1.82) is 0 Å². The molecule has 5 heteroatoms. The number of methoxy groups -OCH3 is 1. The van der Waals surface area contributed by atoms with Crippen LogP contribution < -0.4 is 10.4 Å². The predicted molar refractivity (Wildman–Crippen MR) is 78.2 cm³/mol. The van der Waals surface area contributed by atoms with Crippen LogP contribution in [-0.4, -0.2) is 18.0 Å². The van der Waals surface area contributed by atoms with Crippen molar-refractivity contribution in [2.45, 2.75) is 6.92 Å². The van der Waals surface area contributed by atoms with Gasteiger partial charge < -0.3 is 14.3 Å². The van der Waals surface area contributed by atoms with E-state index in [2.05, 4.69) is 0 Å². The zero-order valence-electron chi connectivity index (χ0n) is 11.5. The van der Waals surface area contributed by atoms with Crippen molar-refractivity contribution < 1.29 is 19.1 Å². The first-order valence-corrected chi connectivity index (χ1v) is 6.30. The second-order valence-electron chi connectivity index (χ2n) is 4.69. The van der Waals surface area contributed by atoms with E-state index >= 15 is 0 Å². The van der Waals surface area contributed by atoms with Gasteiger partial charge in [0.25, 0.3) is 0 Å². The number of phenols is 1. The van der Waals surface area contributed by atoms with E-state index in [4.69, 9.17) is 9.15 Å². The van der Waals surface area contributed by atoms with Gasteiger partial charge >= 0.3 is 5.63 Å². The van der Waals surface area contributed by atoms with Gasteiger partial charge in [-0.3, -0.25) is 4.79 Å². The normalized spacial score (nSPS) is 11.0. The molecule has 0 spiro atoms.